The van der Waals surface area contributed by atoms with E-state index in [-0.39, 0.29) is 24.1 Å². The summed E-state index contributed by atoms with van der Waals surface area (Å²) in [6, 6.07) is 3.12. The van der Waals surface area contributed by atoms with Crippen molar-refractivity contribution in [2.45, 2.75) is 30.8 Å². The van der Waals surface area contributed by atoms with Crippen molar-refractivity contribution < 1.29 is 14.4 Å². The van der Waals surface area contributed by atoms with Gasteiger partial charge in [-0.15, -0.1) is 0 Å². The normalized spacial score (nSPS) is 21.5. The summed E-state index contributed by atoms with van der Waals surface area (Å²) < 4.78 is 0.903. The summed E-state index contributed by atoms with van der Waals surface area (Å²) in [4.78, 5) is 37.2. The van der Waals surface area contributed by atoms with E-state index >= 15 is 0 Å². The molecule has 0 radical (unpaired) electrons. The minimum absolute atomic E-state index is 0.152. The monoisotopic (exact) mass is 414 g/mol. The lowest BCUT2D eigenvalue weighted by atomic mass is 10.0. The van der Waals surface area contributed by atoms with Gasteiger partial charge in [0.2, 0.25) is 11.8 Å². The fourth-order valence-corrected chi connectivity index (χ4v) is 4.21. The van der Waals surface area contributed by atoms with Crippen LogP contribution in [0.15, 0.2) is 16.6 Å². The minimum atomic E-state index is -0.568. The van der Waals surface area contributed by atoms with Crippen LogP contribution in [0.2, 0.25) is 0 Å². The zero-order valence-corrected chi connectivity index (χ0v) is 14.2. The molecule has 0 spiro atoms. The van der Waals surface area contributed by atoms with Crippen LogP contribution < -0.4 is 5.32 Å². The number of benzene rings is 1. The van der Waals surface area contributed by atoms with Gasteiger partial charge in [-0.05, 0) is 23.6 Å². The van der Waals surface area contributed by atoms with Gasteiger partial charge in [-0.1, -0.05) is 37.9 Å². The first-order valence-electron chi connectivity index (χ1n) is 6.53. The van der Waals surface area contributed by atoms with Crippen LogP contribution in [0.4, 0.5) is 0 Å². The van der Waals surface area contributed by atoms with Crippen molar-refractivity contribution in [3.63, 3.8) is 0 Å². The smallest absolute Gasteiger partial charge is 0.255 e. The maximum atomic E-state index is 12.5. The number of fused-ring (bicyclic) bond motifs is 1. The van der Waals surface area contributed by atoms with Crippen molar-refractivity contribution >= 4 is 49.6 Å². The molecule has 2 aliphatic rings. The molecule has 1 unspecified atom stereocenters. The Labute approximate surface area is 138 Å². The summed E-state index contributed by atoms with van der Waals surface area (Å²) in [5, 5.41) is 2.99. The van der Waals surface area contributed by atoms with Crippen molar-refractivity contribution in [2.75, 3.05) is 0 Å². The van der Waals surface area contributed by atoms with E-state index in [1.165, 1.54) is 0 Å². The number of nitrogens with one attached hydrogen (secondary N) is 1. The Morgan fingerprint density at radius 3 is 2.71 bits per heavy atom. The molecule has 1 N–H and O–H groups in total. The molecule has 1 saturated heterocycles. The zero-order valence-electron chi connectivity index (χ0n) is 11.0. The molecule has 2 heterocycles. The van der Waals surface area contributed by atoms with E-state index in [4.69, 9.17) is 0 Å². The summed E-state index contributed by atoms with van der Waals surface area (Å²) >= 11 is 6.94. The molecule has 3 rings (SSSR count). The fourth-order valence-electron chi connectivity index (χ4n) is 2.76. The van der Waals surface area contributed by atoms with Crippen LogP contribution in [0.1, 0.15) is 34.3 Å². The molecule has 1 aromatic rings. The second kappa shape index (κ2) is 5.53. The number of alkyl halides is 1. The maximum absolute atomic E-state index is 12.5. The van der Waals surface area contributed by atoms with Gasteiger partial charge < -0.3 is 4.90 Å². The Balaban J connectivity index is 1.92. The molecule has 1 atom stereocenters. The lowest BCUT2D eigenvalue weighted by Gasteiger charge is -2.29. The minimum Gasteiger partial charge on any atom is -0.322 e. The van der Waals surface area contributed by atoms with E-state index in [2.05, 4.69) is 37.2 Å². The third-order valence-corrected chi connectivity index (χ3v) is 5.47. The summed E-state index contributed by atoms with van der Waals surface area (Å²) in [7, 11) is 0. The van der Waals surface area contributed by atoms with E-state index in [1.54, 1.807) is 11.0 Å². The lowest BCUT2D eigenvalue weighted by Crippen LogP contribution is -2.52. The van der Waals surface area contributed by atoms with Crippen molar-refractivity contribution in [3.8, 4) is 0 Å². The Bertz CT molecular complexity index is 660. The van der Waals surface area contributed by atoms with Crippen LogP contribution in [0.3, 0.4) is 0 Å². The third-order valence-electron chi connectivity index (χ3n) is 3.87. The molecule has 0 aliphatic carbocycles. The Morgan fingerprint density at radius 1 is 1.29 bits per heavy atom. The van der Waals surface area contributed by atoms with Crippen molar-refractivity contribution in [1.82, 2.24) is 10.2 Å². The first kappa shape index (κ1) is 14.7. The number of rotatable bonds is 2. The quantitative estimate of drug-likeness (QED) is 0.594. The number of halogens is 2. The highest BCUT2D eigenvalue weighted by Crippen LogP contribution is 2.35. The van der Waals surface area contributed by atoms with Crippen LogP contribution in [-0.4, -0.2) is 28.7 Å². The third kappa shape index (κ3) is 2.42. The number of amides is 3. The molecule has 2 aliphatic heterocycles. The predicted octanol–water partition coefficient (Wildman–Crippen LogP) is 2.10. The van der Waals surface area contributed by atoms with E-state index in [1.807, 2.05) is 6.07 Å². The van der Waals surface area contributed by atoms with Crippen LogP contribution in [0.25, 0.3) is 0 Å². The molecule has 5 nitrogen and oxygen atoms in total. The highest BCUT2D eigenvalue weighted by molar-refractivity contribution is 9.10. The standard InChI is InChI=1S/C14H12Br2N2O3/c15-5-7-1-2-8-9(12(7)16)6-18(14(8)21)10-3-4-11(19)17-13(10)20/h1-2,10H,3-6H2,(H,17,19,20). The van der Waals surface area contributed by atoms with Gasteiger partial charge in [0, 0.05) is 28.3 Å². The highest BCUT2D eigenvalue weighted by atomic mass is 79.9. The van der Waals surface area contributed by atoms with Crippen LogP contribution in [0, 0.1) is 0 Å². The predicted molar refractivity (Wildman–Crippen MR) is 82.8 cm³/mol. The van der Waals surface area contributed by atoms with Gasteiger partial charge in [0.25, 0.3) is 5.91 Å². The van der Waals surface area contributed by atoms with Crippen molar-refractivity contribution in [2.24, 2.45) is 0 Å². The lowest BCUT2D eigenvalue weighted by molar-refractivity contribution is -0.136. The largest absolute Gasteiger partial charge is 0.322 e. The van der Waals surface area contributed by atoms with Gasteiger partial charge >= 0.3 is 0 Å². The van der Waals surface area contributed by atoms with Crippen molar-refractivity contribution in [3.05, 3.63) is 33.3 Å². The molecule has 21 heavy (non-hydrogen) atoms. The first-order valence-corrected chi connectivity index (χ1v) is 8.45. The Kier molecular flexibility index (Phi) is 3.88. The maximum Gasteiger partial charge on any atom is 0.255 e. The van der Waals surface area contributed by atoms with E-state index < -0.39 is 6.04 Å². The SMILES string of the molecule is O=C1CCC(N2Cc3c(ccc(CBr)c3Br)C2=O)C(=O)N1. The molecule has 1 aromatic carbocycles. The van der Waals surface area contributed by atoms with Gasteiger partial charge in [0.05, 0.1) is 0 Å². The second-order valence-electron chi connectivity index (χ2n) is 5.10. The van der Waals surface area contributed by atoms with E-state index in [9.17, 15) is 14.4 Å². The number of piperidine rings is 1. The summed E-state index contributed by atoms with van der Waals surface area (Å²) in [5.41, 5.74) is 2.59. The topological polar surface area (TPSA) is 66.5 Å². The molecule has 1 fully saturated rings. The summed E-state index contributed by atoms with van der Waals surface area (Å²) in [6.07, 6.45) is 0.650. The first-order chi connectivity index (χ1) is 10.0. The number of hydrogen-bond donors (Lipinski definition) is 1. The Hall–Kier alpha value is -1.21. The zero-order chi connectivity index (χ0) is 15.1. The average molecular weight is 416 g/mol. The molecule has 110 valence electrons. The fraction of sp³-hybridized carbons (Fsp3) is 0.357. The van der Waals surface area contributed by atoms with Gasteiger partial charge in [-0.2, -0.15) is 0 Å². The van der Waals surface area contributed by atoms with Crippen LogP contribution in [-0.2, 0) is 21.5 Å². The van der Waals surface area contributed by atoms with Gasteiger partial charge in [-0.3, -0.25) is 19.7 Å². The average Bonchev–Trinajstić information content (AvgIpc) is 2.78. The molecular weight excluding hydrogens is 404 g/mol. The van der Waals surface area contributed by atoms with E-state index in [0.29, 0.717) is 23.9 Å². The number of imide groups is 1. The molecular formula is C14H12Br2N2O3. The molecule has 0 aromatic heterocycles. The molecule has 7 heteroatoms. The van der Waals surface area contributed by atoms with E-state index in [0.717, 1.165) is 15.6 Å². The summed E-state index contributed by atoms with van der Waals surface area (Å²) in [5.74, 6) is -0.811. The van der Waals surface area contributed by atoms with Gasteiger partial charge in [0.1, 0.15) is 6.04 Å². The second-order valence-corrected chi connectivity index (χ2v) is 6.45. The number of nitrogens with zero attached hydrogens (tertiary/aromatic N) is 1. The van der Waals surface area contributed by atoms with Crippen molar-refractivity contribution in [1.29, 1.82) is 0 Å². The molecule has 0 saturated carbocycles. The Morgan fingerprint density at radius 2 is 2.05 bits per heavy atom. The number of carbonyl (C=O) groups excluding carboxylic acids is 3. The number of hydrogen-bond acceptors (Lipinski definition) is 3. The molecule has 0 bridgehead atoms. The summed E-state index contributed by atoms with van der Waals surface area (Å²) in [6.45, 7) is 0.391. The highest BCUT2D eigenvalue weighted by Gasteiger charge is 2.39. The molecule has 3 amide bonds. The van der Waals surface area contributed by atoms with Gasteiger partial charge in [-0.25, -0.2) is 0 Å². The van der Waals surface area contributed by atoms with Crippen LogP contribution in [0.5, 0.6) is 0 Å². The van der Waals surface area contributed by atoms with Crippen LogP contribution >= 0.6 is 31.9 Å². The number of carbonyl (C=O) groups is 3. The van der Waals surface area contributed by atoms with Gasteiger partial charge in [0.15, 0.2) is 0 Å².